The minimum atomic E-state index is -2.40. The molecular weight excluding hydrogens is 295 g/mol. The first-order chi connectivity index (χ1) is 9.54. The second-order valence-electron chi connectivity index (χ2n) is 6.01. The Balaban J connectivity index is 4.77. The normalized spacial score (nSPS) is 14.2. The fourth-order valence-corrected chi connectivity index (χ4v) is 9.59. The van der Waals surface area contributed by atoms with Gasteiger partial charge in [-0.3, -0.25) is 0 Å². The van der Waals surface area contributed by atoms with Crippen LogP contribution >= 0.6 is 17.2 Å². The zero-order valence-corrected chi connectivity index (χ0v) is 14.7. The number of rotatable bonds is 14. The molecule has 0 unspecified atom stereocenters. The molecule has 3 nitrogen and oxygen atoms in total. The number of halogens is 1. The minimum absolute atomic E-state index is 0.178. The summed E-state index contributed by atoms with van der Waals surface area (Å²) in [5.41, 5.74) is 0. The zero-order chi connectivity index (χ0) is 15.3. The average molecular weight is 329 g/mol. The van der Waals surface area contributed by atoms with Crippen LogP contribution in [0.25, 0.3) is 0 Å². The molecule has 0 saturated carbocycles. The second-order valence-corrected chi connectivity index (χ2v) is 14.3. The molecule has 0 saturated heterocycles. The fraction of sp³-hybridized carbons (Fsp3) is 1.00. The van der Waals surface area contributed by atoms with Gasteiger partial charge in [0, 0.05) is 0 Å². The maximum atomic E-state index is 9.17. The van der Waals surface area contributed by atoms with Crippen molar-refractivity contribution in [3.8, 4) is 0 Å². The van der Waals surface area contributed by atoms with Crippen molar-refractivity contribution in [2.75, 3.05) is 44.5 Å². The van der Waals surface area contributed by atoms with E-state index >= 15 is 0 Å². The number of aliphatic hydroxyl groups excluding tert-OH is 3. The molecule has 0 spiro atoms. The molecule has 0 atom stereocenters. The summed E-state index contributed by atoms with van der Waals surface area (Å²) in [5.74, 6) is -2.40. The van der Waals surface area contributed by atoms with E-state index in [9.17, 15) is 0 Å². The van der Waals surface area contributed by atoms with Crippen LogP contribution in [0.15, 0.2) is 0 Å². The van der Waals surface area contributed by atoms with Gasteiger partial charge in [0.05, 0.1) is 0 Å². The third-order valence-corrected chi connectivity index (χ3v) is 12.0. The summed E-state index contributed by atoms with van der Waals surface area (Å²) in [6, 6.07) is 0. The van der Waals surface area contributed by atoms with Crippen LogP contribution < -0.4 is 0 Å². The summed E-state index contributed by atoms with van der Waals surface area (Å²) < 4.78 is 0. The van der Waals surface area contributed by atoms with Crippen molar-refractivity contribution < 1.29 is 15.3 Å². The monoisotopic (exact) mass is 328 g/mol. The Kier molecular flexibility index (Phi) is 11.5. The fourth-order valence-electron chi connectivity index (χ4n) is 3.00. The topological polar surface area (TPSA) is 60.7 Å². The van der Waals surface area contributed by atoms with Crippen molar-refractivity contribution in [3.63, 3.8) is 0 Å². The van der Waals surface area contributed by atoms with Gasteiger partial charge in [-0.2, -0.15) is 0 Å². The van der Waals surface area contributed by atoms with Gasteiger partial charge in [-0.1, -0.05) is 0 Å². The molecule has 0 bridgehead atoms. The summed E-state index contributed by atoms with van der Waals surface area (Å²) in [6.07, 6.45) is 10.7. The summed E-state index contributed by atoms with van der Waals surface area (Å²) in [4.78, 5) is 0. The molecule has 0 aliphatic heterocycles. The standard InChI is InChI=1S/C15H34ClO3P/c1-2-3-4-5-12-20(16,13-6-9-17,14-7-10-18)15-8-11-19/h17-19H,2-15H2,1H3. The van der Waals surface area contributed by atoms with Crippen molar-refractivity contribution in [3.05, 3.63) is 0 Å². The van der Waals surface area contributed by atoms with Crippen LogP contribution in [0.4, 0.5) is 0 Å². The van der Waals surface area contributed by atoms with Gasteiger partial charge in [-0.05, 0) is 0 Å². The molecule has 0 heterocycles. The molecule has 0 rings (SSSR count). The van der Waals surface area contributed by atoms with Crippen molar-refractivity contribution >= 4 is 17.2 Å². The molecular formula is C15H34ClO3P. The van der Waals surface area contributed by atoms with Crippen LogP contribution in [0.1, 0.15) is 51.9 Å². The van der Waals surface area contributed by atoms with E-state index in [-0.39, 0.29) is 19.8 Å². The van der Waals surface area contributed by atoms with Crippen LogP contribution in [0.2, 0.25) is 0 Å². The SMILES string of the molecule is CCCCCCP(Cl)(CCCO)(CCCO)CCCO. The molecule has 0 aromatic rings. The molecule has 0 aromatic carbocycles. The van der Waals surface area contributed by atoms with Gasteiger partial charge < -0.3 is 0 Å². The molecule has 0 aromatic heterocycles. The molecule has 3 N–H and O–H groups in total. The first-order valence-electron chi connectivity index (χ1n) is 8.09. The van der Waals surface area contributed by atoms with Gasteiger partial charge in [0.25, 0.3) is 0 Å². The first-order valence-corrected chi connectivity index (χ1v) is 12.0. The van der Waals surface area contributed by atoms with Crippen molar-refractivity contribution in [1.82, 2.24) is 0 Å². The van der Waals surface area contributed by atoms with Gasteiger partial charge in [0.1, 0.15) is 0 Å². The molecule has 0 aliphatic rings. The van der Waals surface area contributed by atoms with E-state index < -0.39 is 5.96 Å². The van der Waals surface area contributed by atoms with E-state index in [1.165, 1.54) is 19.3 Å². The summed E-state index contributed by atoms with van der Waals surface area (Å²) in [5, 5.41) is 27.5. The Labute approximate surface area is 129 Å². The Morgan fingerprint density at radius 3 is 1.40 bits per heavy atom. The molecule has 0 aliphatic carbocycles. The molecule has 20 heavy (non-hydrogen) atoms. The number of aliphatic hydroxyl groups is 3. The zero-order valence-electron chi connectivity index (χ0n) is 13.1. The van der Waals surface area contributed by atoms with Gasteiger partial charge in [-0.25, -0.2) is 0 Å². The third-order valence-electron chi connectivity index (χ3n) is 4.20. The van der Waals surface area contributed by atoms with E-state index in [2.05, 4.69) is 6.92 Å². The number of hydrogen-bond donors (Lipinski definition) is 3. The Bertz CT molecular complexity index is 215. The van der Waals surface area contributed by atoms with Gasteiger partial charge in [-0.15, -0.1) is 0 Å². The third kappa shape index (κ3) is 8.14. The van der Waals surface area contributed by atoms with E-state index in [1.54, 1.807) is 0 Å². The Morgan fingerprint density at radius 2 is 1.05 bits per heavy atom. The predicted octanol–water partition coefficient (Wildman–Crippen LogP) is 3.42. The van der Waals surface area contributed by atoms with Crippen molar-refractivity contribution in [2.24, 2.45) is 0 Å². The van der Waals surface area contributed by atoms with Crippen LogP contribution in [0.5, 0.6) is 0 Å². The van der Waals surface area contributed by atoms with Crippen LogP contribution in [0.3, 0.4) is 0 Å². The van der Waals surface area contributed by atoms with Gasteiger partial charge in [0.2, 0.25) is 0 Å². The molecule has 0 amide bonds. The predicted molar refractivity (Wildman–Crippen MR) is 91.5 cm³/mol. The van der Waals surface area contributed by atoms with E-state index in [0.717, 1.165) is 50.3 Å². The summed E-state index contributed by atoms with van der Waals surface area (Å²) >= 11 is 7.21. The number of unbranched alkanes of at least 4 members (excludes halogenated alkanes) is 3. The Morgan fingerprint density at radius 1 is 0.650 bits per heavy atom. The Hall–Kier alpha value is 0.600. The van der Waals surface area contributed by atoms with Gasteiger partial charge in [0.15, 0.2) is 0 Å². The van der Waals surface area contributed by atoms with Crippen LogP contribution in [0, 0.1) is 0 Å². The van der Waals surface area contributed by atoms with Crippen LogP contribution in [-0.4, -0.2) is 59.8 Å². The van der Waals surface area contributed by atoms with E-state index in [4.69, 9.17) is 26.6 Å². The molecule has 0 fully saturated rings. The van der Waals surface area contributed by atoms with E-state index in [0.29, 0.717) is 0 Å². The van der Waals surface area contributed by atoms with Crippen molar-refractivity contribution in [1.29, 1.82) is 0 Å². The summed E-state index contributed by atoms with van der Waals surface area (Å²) in [6.45, 7) is 2.73. The quantitative estimate of drug-likeness (QED) is 0.338. The average Bonchev–Trinajstić information content (AvgIpc) is 2.47. The van der Waals surface area contributed by atoms with Crippen LogP contribution in [-0.2, 0) is 0 Å². The van der Waals surface area contributed by atoms with Crippen molar-refractivity contribution in [2.45, 2.75) is 51.9 Å². The molecule has 124 valence electrons. The number of hydrogen-bond acceptors (Lipinski definition) is 3. The van der Waals surface area contributed by atoms with E-state index in [1.807, 2.05) is 0 Å². The van der Waals surface area contributed by atoms with Gasteiger partial charge >= 0.3 is 129 Å². The molecule has 0 radical (unpaired) electrons. The second kappa shape index (κ2) is 11.2. The molecule has 5 heteroatoms. The maximum absolute atomic E-state index is 9.17. The summed E-state index contributed by atoms with van der Waals surface area (Å²) in [7, 11) is 0. The first kappa shape index (κ1) is 20.6.